The van der Waals surface area contributed by atoms with Crippen LogP contribution in [0.25, 0.3) is 0 Å². The minimum atomic E-state index is -2.77. The summed E-state index contributed by atoms with van der Waals surface area (Å²) in [7, 11) is 1.07. The number of hydrogen-bond acceptors (Lipinski definition) is 11. The third-order valence-corrected chi connectivity index (χ3v) is 10.9. The molecule has 46 heavy (non-hydrogen) atoms. The Morgan fingerprint density at radius 2 is 1.78 bits per heavy atom. The SMILES string of the molecule is C#Cc1cc(Nc2ncc(Br)c(Nc3ccc4c(c3P(C)(C)=O)OCCO4)n2)c(OC)cc1N1CCC(N2CCN(C)CC2)CC1. The Morgan fingerprint density at radius 3 is 2.48 bits per heavy atom. The molecule has 3 aromatic rings. The molecule has 13 heteroatoms. The van der Waals surface area contributed by atoms with Gasteiger partial charge in [0.25, 0.3) is 0 Å². The van der Waals surface area contributed by atoms with Crippen LogP contribution < -0.4 is 35.0 Å². The molecule has 6 rings (SSSR count). The number of piperazine rings is 1. The molecule has 11 nitrogen and oxygen atoms in total. The van der Waals surface area contributed by atoms with E-state index in [1.165, 1.54) is 0 Å². The predicted octanol–water partition coefficient (Wildman–Crippen LogP) is 4.95. The Bertz CT molecular complexity index is 1680. The van der Waals surface area contributed by atoms with Crippen molar-refractivity contribution in [2.24, 2.45) is 0 Å². The average Bonchev–Trinajstić information content (AvgIpc) is 3.06. The first kappa shape index (κ1) is 32.5. The maximum Gasteiger partial charge on any atom is 0.229 e. The normalized spacial score (nSPS) is 17.8. The van der Waals surface area contributed by atoms with Crippen LogP contribution in [0.5, 0.6) is 17.2 Å². The van der Waals surface area contributed by atoms with Gasteiger partial charge < -0.3 is 39.2 Å². The molecular weight excluding hydrogens is 669 g/mol. The molecule has 244 valence electrons. The quantitative estimate of drug-likeness (QED) is 0.245. The van der Waals surface area contributed by atoms with Crippen LogP contribution in [0.15, 0.2) is 34.9 Å². The maximum absolute atomic E-state index is 13.4. The molecule has 0 amide bonds. The summed E-state index contributed by atoms with van der Waals surface area (Å²) in [6.45, 7) is 10.7. The molecule has 2 aromatic carbocycles. The van der Waals surface area contributed by atoms with Gasteiger partial charge >= 0.3 is 0 Å². The molecule has 0 radical (unpaired) electrons. The summed E-state index contributed by atoms with van der Waals surface area (Å²) in [5, 5.41) is 7.21. The highest BCUT2D eigenvalue weighted by atomic mass is 79.9. The molecule has 0 atom stereocenters. The van der Waals surface area contributed by atoms with Gasteiger partial charge in [0.2, 0.25) is 5.95 Å². The number of fused-ring (bicyclic) bond motifs is 1. The van der Waals surface area contributed by atoms with Crippen molar-refractivity contribution in [3.8, 4) is 29.6 Å². The second-order valence-electron chi connectivity index (χ2n) is 12.2. The van der Waals surface area contributed by atoms with E-state index in [1.807, 2.05) is 24.3 Å². The maximum atomic E-state index is 13.4. The van der Waals surface area contributed by atoms with Gasteiger partial charge in [0.1, 0.15) is 31.9 Å². The van der Waals surface area contributed by atoms with Crippen LogP contribution in [0.4, 0.5) is 28.8 Å². The van der Waals surface area contributed by atoms with E-state index in [-0.39, 0.29) is 0 Å². The molecule has 0 saturated carbocycles. The number of likely N-dealkylation sites (N-methyl/N-ethyl adjacent to an activating group) is 1. The number of nitrogens with zero attached hydrogens (tertiary/aromatic N) is 5. The van der Waals surface area contributed by atoms with Crippen LogP contribution in [0.1, 0.15) is 18.4 Å². The number of hydrogen-bond donors (Lipinski definition) is 2. The van der Waals surface area contributed by atoms with E-state index in [9.17, 15) is 4.57 Å². The van der Waals surface area contributed by atoms with Crippen molar-refractivity contribution >= 4 is 57.2 Å². The second kappa shape index (κ2) is 13.7. The zero-order valence-electron chi connectivity index (χ0n) is 26.8. The van der Waals surface area contributed by atoms with E-state index in [4.69, 9.17) is 25.6 Å². The highest BCUT2D eigenvalue weighted by Crippen LogP contribution is 2.47. The lowest BCUT2D eigenvalue weighted by Crippen LogP contribution is -2.52. The summed E-state index contributed by atoms with van der Waals surface area (Å²) in [6.07, 6.45) is 9.91. The van der Waals surface area contributed by atoms with Gasteiger partial charge in [-0.3, -0.25) is 4.90 Å². The number of benzene rings is 2. The van der Waals surface area contributed by atoms with E-state index in [1.54, 1.807) is 26.6 Å². The number of halogens is 1. The Kier molecular flexibility index (Phi) is 9.67. The van der Waals surface area contributed by atoms with Crippen molar-refractivity contribution in [2.45, 2.75) is 18.9 Å². The molecule has 3 aliphatic rings. The van der Waals surface area contributed by atoms with Gasteiger partial charge in [-0.2, -0.15) is 4.98 Å². The number of ether oxygens (including phenoxy) is 3. The van der Waals surface area contributed by atoms with Crippen LogP contribution in [0.3, 0.4) is 0 Å². The average molecular weight is 711 g/mol. The predicted molar refractivity (Wildman–Crippen MR) is 188 cm³/mol. The largest absolute Gasteiger partial charge is 0.494 e. The highest BCUT2D eigenvalue weighted by Gasteiger charge is 2.29. The minimum Gasteiger partial charge on any atom is -0.494 e. The van der Waals surface area contributed by atoms with Crippen molar-refractivity contribution in [1.82, 2.24) is 19.8 Å². The van der Waals surface area contributed by atoms with Crippen molar-refractivity contribution in [1.29, 1.82) is 0 Å². The zero-order valence-corrected chi connectivity index (χ0v) is 29.3. The van der Waals surface area contributed by atoms with Crippen molar-refractivity contribution in [3.05, 3.63) is 40.5 Å². The van der Waals surface area contributed by atoms with E-state index < -0.39 is 7.14 Å². The summed E-state index contributed by atoms with van der Waals surface area (Å²) in [5.41, 5.74) is 3.05. The van der Waals surface area contributed by atoms with Crippen LogP contribution in [0.2, 0.25) is 0 Å². The van der Waals surface area contributed by atoms with Crippen molar-refractivity contribution in [2.75, 3.05) is 95.5 Å². The number of anilines is 5. The molecule has 3 aliphatic heterocycles. The third-order valence-electron chi connectivity index (χ3n) is 8.80. The molecule has 4 heterocycles. The van der Waals surface area contributed by atoms with Gasteiger partial charge in [-0.25, -0.2) is 4.98 Å². The Labute approximate surface area is 279 Å². The fourth-order valence-electron chi connectivity index (χ4n) is 6.37. The molecule has 0 aliphatic carbocycles. The Balaban J connectivity index is 1.22. The summed E-state index contributed by atoms with van der Waals surface area (Å²) >= 11 is 3.56. The molecule has 0 spiro atoms. The number of methoxy groups -OCH3 is 1. The van der Waals surface area contributed by atoms with Crippen molar-refractivity contribution < 1.29 is 18.8 Å². The fraction of sp³-hybridized carbons (Fsp3) is 0.455. The summed E-state index contributed by atoms with van der Waals surface area (Å²) in [5.74, 6) is 5.44. The third kappa shape index (κ3) is 6.93. The first-order chi connectivity index (χ1) is 22.1. The smallest absolute Gasteiger partial charge is 0.229 e. The molecule has 2 fully saturated rings. The van der Waals surface area contributed by atoms with Gasteiger partial charge in [0, 0.05) is 63.1 Å². The first-order valence-corrected chi connectivity index (χ1v) is 18.9. The minimum absolute atomic E-state index is 0.336. The summed E-state index contributed by atoms with van der Waals surface area (Å²) in [6, 6.07) is 8.18. The van der Waals surface area contributed by atoms with E-state index in [2.05, 4.69) is 59.2 Å². The second-order valence-corrected chi connectivity index (χ2v) is 16.3. The summed E-state index contributed by atoms with van der Waals surface area (Å²) in [4.78, 5) is 16.6. The first-order valence-electron chi connectivity index (χ1n) is 15.6. The number of aromatic nitrogens is 2. The number of terminal acetylenes is 1. The molecule has 0 unspecified atom stereocenters. The lowest BCUT2D eigenvalue weighted by Gasteiger charge is -2.42. The molecule has 1 aromatic heterocycles. The lowest BCUT2D eigenvalue weighted by atomic mass is 10.00. The van der Waals surface area contributed by atoms with Crippen LogP contribution in [-0.2, 0) is 4.57 Å². The van der Waals surface area contributed by atoms with Crippen LogP contribution >= 0.6 is 23.1 Å². The summed E-state index contributed by atoms with van der Waals surface area (Å²) < 4.78 is 31.5. The molecule has 2 saturated heterocycles. The van der Waals surface area contributed by atoms with Gasteiger partial charge in [-0.1, -0.05) is 5.92 Å². The molecule has 0 bridgehead atoms. The van der Waals surface area contributed by atoms with Gasteiger partial charge in [0.05, 0.1) is 33.9 Å². The van der Waals surface area contributed by atoms with Gasteiger partial charge in [-0.15, -0.1) is 6.42 Å². The molecular formula is C33H41BrN7O4P. The van der Waals surface area contributed by atoms with Gasteiger partial charge in [-0.05, 0) is 67.3 Å². The topological polar surface area (TPSA) is 104 Å². The van der Waals surface area contributed by atoms with E-state index in [0.717, 1.165) is 63.4 Å². The van der Waals surface area contributed by atoms with Crippen molar-refractivity contribution in [3.63, 3.8) is 0 Å². The number of rotatable bonds is 8. The van der Waals surface area contributed by atoms with E-state index >= 15 is 0 Å². The number of piperidine rings is 1. The fourth-order valence-corrected chi connectivity index (χ4v) is 8.04. The Hall–Kier alpha value is -3.49. The lowest BCUT2D eigenvalue weighted by molar-refractivity contribution is 0.0982. The van der Waals surface area contributed by atoms with E-state index in [0.29, 0.717) is 69.4 Å². The number of nitrogens with one attached hydrogen (secondary N) is 2. The highest BCUT2D eigenvalue weighted by molar-refractivity contribution is 9.10. The van der Waals surface area contributed by atoms with Gasteiger partial charge in [0.15, 0.2) is 11.5 Å². The van der Waals surface area contributed by atoms with Crippen LogP contribution in [-0.4, -0.2) is 106 Å². The monoisotopic (exact) mass is 709 g/mol. The zero-order chi connectivity index (χ0) is 32.4. The standard InChI is InChI=1S/C33H41BrN7O4P/c1-6-22-19-26(29(43-3)20-27(22)41-11-9-23(10-12-41)40-15-13-39(2)14-16-40)37-33-35-21-24(34)32(38-33)36-25-7-8-28-30(45-18-17-44-28)31(25)46(4,5)42/h1,7-8,19-21,23H,9-18H2,2-5H3,(H2,35,36,37,38). The molecule has 2 N–H and O–H groups in total. The Morgan fingerprint density at radius 1 is 1.04 bits per heavy atom. The van der Waals surface area contributed by atoms with Crippen LogP contribution in [0, 0.1) is 12.3 Å².